The van der Waals surface area contributed by atoms with Crippen molar-refractivity contribution < 1.29 is 19.1 Å². The van der Waals surface area contributed by atoms with Crippen molar-refractivity contribution in [2.75, 3.05) is 31.6 Å². The fourth-order valence-corrected chi connectivity index (χ4v) is 3.86. The minimum atomic E-state index is -0.476. The summed E-state index contributed by atoms with van der Waals surface area (Å²) in [6.45, 7) is 4.30. The van der Waals surface area contributed by atoms with Crippen LogP contribution in [0.4, 0.5) is 5.69 Å². The Hall–Kier alpha value is -3.08. The number of hydrogen-bond donors (Lipinski definition) is 1. The lowest BCUT2D eigenvalue weighted by atomic mass is 10.2. The lowest BCUT2D eigenvalue weighted by Crippen LogP contribution is -2.41. The summed E-state index contributed by atoms with van der Waals surface area (Å²) in [6, 6.07) is 6.58. The van der Waals surface area contributed by atoms with Crippen LogP contribution in [0.1, 0.15) is 27.9 Å². The molecule has 0 spiro atoms. The van der Waals surface area contributed by atoms with Gasteiger partial charge >= 0.3 is 0 Å². The molecule has 3 heterocycles. The second kappa shape index (κ2) is 10.2. The fraction of sp³-hybridized carbons (Fsp3) is 0.333. The van der Waals surface area contributed by atoms with Crippen LogP contribution in [0.15, 0.2) is 36.7 Å². The molecule has 0 radical (unpaired) electrons. The zero-order valence-corrected chi connectivity index (χ0v) is 19.3. The summed E-state index contributed by atoms with van der Waals surface area (Å²) in [5, 5.41) is 12.0. The molecule has 33 heavy (non-hydrogen) atoms. The van der Waals surface area contributed by atoms with E-state index in [0.717, 1.165) is 0 Å². The predicted octanol–water partition coefficient (Wildman–Crippen LogP) is 3.17. The summed E-state index contributed by atoms with van der Waals surface area (Å²) in [6.07, 6.45) is 3.06. The minimum Gasteiger partial charge on any atom is -0.468 e. The molecule has 10 nitrogen and oxygen atoms in total. The van der Waals surface area contributed by atoms with Gasteiger partial charge in [-0.05, 0) is 25.1 Å². The zero-order chi connectivity index (χ0) is 23.4. The van der Waals surface area contributed by atoms with Crippen LogP contribution >= 0.6 is 23.2 Å². The Kier molecular flexibility index (Phi) is 7.17. The molecule has 3 aromatic rings. The van der Waals surface area contributed by atoms with Crippen molar-refractivity contribution in [2.45, 2.75) is 20.2 Å². The fourth-order valence-electron chi connectivity index (χ4n) is 3.35. The summed E-state index contributed by atoms with van der Waals surface area (Å²) in [5.41, 5.74) is 0.800. The van der Waals surface area contributed by atoms with Crippen LogP contribution in [-0.4, -0.2) is 62.6 Å². The number of hydrogen-bond acceptors (Lipinski definition) is 6. The molecule has 1 saturated heterocycles. The van der Waals surface area contributed by atoms with Crippen molar-refractivity contribution >= 4 is 40.7 Å². The monoisotopic (exact) mass is 492 g/mol. The van der Waals surface area contributed by atoms with Gasteiger partial charge in [-0.2, -0.15) is 10.2 Å². The number of amides is 2. The molecule has 0 bridgehead atoms. The molecule has 0 atom stereocenters. The third kappa shape index (κ3) is 5.13. The van der Waals surface area contributed by atoms with Crippen LogP contribution in [0.5, 0.6) is 5.75 Å². The Labute approximate surface area is 200 Å². The molecule has 0 saturated carbocycles. The molecule has 0 unspecified atom stereocenters. The number of rotatable bonds is 7. The van der Waals surface area contributed by atoms with Gasteiger partial charge in [-0.3, -0.25) is 14.3 Å². The lowest BCUT2D eigenvalue weighted by Gasteiger charge is -2.27. The Morgan fingerprint density at radius 1 is 1.18 bits per heavy atom. The van der Waals surface area contributed by atoms with E-state index < -0.39 is 5.91 Å². The van der Waals surface area contributed by atoms with E-state index in [1.807, 2.05) is 6.92 Å². The lowest BCUT2D eigenvalue weighted by molar-refractivity contribution is 0.0295. The zero-order valence-electron chi connectivity index (χ0n) is 17.8. The number of aromatic nitrogens is 4. The average Bonchev–Trinajstić information content (AvgIpc) is 3.46. The van der Waals surface area contributed by atoms with E-state index in [1.54, 1.807) is 40.0 Å². The quantitative estimate of drug-likeness (QED) is 0.543. The average molecular weight is 493 g/mol. The number of carbonyl (C=O) groups excluding carboxylic acids is 2. The van der Waals surface area contributed by atoms with E-state index in [2.05, 4.69) is 15.5 Å². The molecule has 1 aliphatic rings. The highest BCUT2D eigenvalue weighted by atomic mass is 35.5. The van der Waals surface area contributed by atoms with Crippen LogP contribution in [0.3, 0.4) is 0 Å². The normalized spacial score (nSPS) is 13.7. The highest BCUT2D eigenvalue weighted by molar-refractivity contribution is 6.37. The molecular weight excluding hydrogens is 471 g/mol. The van der Waals surface area contributed by atoms with Gasteiger partial charge in [0, 0.05) is 25.8 Å². The molecule has 0 aliphatic carbocycles. The van der Waals surface area contributed by atoms with E-state index in [1.165, 1.54) is 10.9 Å². The second-order valence-corrected chi connectivity index (χ2v) is 7.96. The topological polar surface area (TPSA) is 104 Å². The number of carbonyl (C=O) groups is 2. The number of ether oxygens (including phenoxy) is 2. The molecule has 2 aromatic heterocycles. The maximum Gasteiger partial charge on any atom is 0.276 e. The molecule has 2 amide bonds. The van der Waals surface area contributed by atoms with E-state index in [4.69, 9.17) is 32.7 Å². The molecule has 12 heteroatoms. The number of nitrogens with zero attached hydrogens (tertiary/aromatic N) is 5. The van der Waals surface area contributed by atoms with Crippen LogP contribution in [0.2, 0.25) is 10.0 Å². The Morgan fingerprint density at radius 3 is 2.61 bits per heavy atom. The first-order valence-corrected chi connectivity index (χ1v) is 11.1. The summed E-state index contributed by atoms with van der Waals surface area (Å²) in [5.74, 6) is -0.347. The third-order valence-electron chi connectivity index (χ3n) is 5.02. The molecule has 1 aliphatic heterocycles. The minimum absolute atomic E-state index is 0.00523. The highest BCUT2D eigenvalue weighted by Gasteiger charge is 2.26. The van der Waals surface area contributed by atoms with Gasteiger partial charge in [0.05, 0.1) is 35.1 Å². The number of morpholine rings is 1. The smallest absolute Gasteiger partial charge is 0.276 e. The van der Waals surface area contributed by atoms with Crippen LogP contribution < -0.4 is 10.1 Å². The third-order valence-corrected chi connectivity index (χ3v) is 5.62. The Morgan fingerprint density at radius 2 is 1.91 bits per heavy atom. The number of anilines is 1. The summed E-state index contributed by atoms with van der Waals surface area (Å²) >= 11 is 12.2. The van der Waals surface area contributed by atoms with Crippen molar-refractivity contribution in [2.24, 2.45) is 0 Å². The highest BCUT2D eigenvalue weighted by Crippen LogP contribution is 2.32. The first-order chi connectivity index (χ1) is 16.0. The number of nitrogens with one attached hydrogen (secondary N) is 1. The van der Waals surface area contributed by atoms with Crippen molar-refractivity contribution in [1.82, 2.24) is 24.5 Å². The molecular formula is C21H22Cl2N6O4. The molecule has 1 fully saturated rings. The van der Waals surface area contributed by atoms with Crippen molar-refractivity contribution in [3.8, 4) is 5.75 Å². The van der Waals surface area contributed by atoms with E-state index in [0.29, 0.717) is 60.0 Å². The number of benzene rings is 1. The predicted molar refractivity (Wildman–Crippen MR) is 122 cm³/mol. The van der Waals surface area contributed by atoms with Gasteiger partial charge in [0.25, 0.3) is 11.8 Å². The van der Waals surface area contributed by atoms with Crippen LogP contribution in [0.25, 0.3) is 0 Å². The van der Waals surface area contributed by atoms with E-state index >= 15 is 0 Å². The molecule has 4 rings (SSSR count). The van der Waals surface area contributed by atoms with E-state index in [9.17, 15) is 9.59 Å². The van der Waals surface area contributed by atoms with Gasteiger partial charge in [-0.1, -0.05) is 29.3 Å². The van der Waals surface area contributed by atoms with Crippen molar-refractivity contribution in [3.05, 3.63) is 58.1 Å². The summed E-state index contributed by atoms with van der Waals surface area (Å²) < 4.78 is 13.9. The van der Waals surface area contributed by atoms with Gasteiger partial charge in [0.2, 0.25) is 0 Å². The van der Waals surface area contributed by atoms with Gasteiger partial charge < -0.3 is 19.7 Å². The Balaban J connectivity index is 1.45. The van der Waals surface area contributed by atoms with Crippen LogP contribution in [-0.2, 0) is 18.0 Å². The second-order valence-electron chi connectivity index (χ2n) is 7.15. The Bertz CT molecular complexity index is 1140. The van der Waals surface area contributed by atoms with Gasteiger partial charge in [0.1, 0.15) is 5.69 Å². The maximum absolute atomic E-state index is 13.1. The largest absolute Gasteiger partial charge is 0.468 e. The van der Waals surface area contributed by atoms with Crippen molar-refractivity contribution in [1.29, 1.82) is 0 Å². The maximum atomic E-state index is 13.1. The van der Waals surface area contributed by atoms with E-state index in [-0.39, 0.29) is 18.3 Å². The van der Waals surface area contributed by atoms with Crippen LogP contribution in [0, 0.1) is 0 Å². The number of halogens is 2. The summed E-state index contributed by atoms with van der Waals surface area (Å²) in [4.78, 5) is 27.6. The SMILES string of the molecule is CCn1ncc(NC(=O)c2ccn(COc3c(Cl)cccc3Cl)n2)c1C(=O)N1CCOCC1. The number of para-hydroxylation sites is 1. The number of aryl methyl sites for hydroxylation is 1. The molecule has 1 N–H and O–H groups in total. The first-order valence-electron chi connectivity index (χ1n) is 10.3. The first kappa shape index (κ1) is 23.1. The standard InChI is InChI=1S/C21H22Cl2N6O4/c1-2-29-18(21(31)27-8-10-32-11-9-27)17(12-24-29)25-20(30)16-6-7-28(26-16)13-33-19-14(22)4-3-5-15(19)23/h3-7,12H,2,8-11,13H2,1H3,(H,25,30). The molecule has 1 aromatic carbocycles. The van der Waals surface area contributed by atoms with Gasteiger partial charge in [-0.15, -0.1) is 0 Å². The molecule has 174 valence electrons. The van der Waals surface area contributed by atoms with Crippen molar-refractivity contribution in [3.63, 3.8) is 0 Å². The summed E-state index contributed by atoms with van der Waals surface area (Å²) in [7, 11) is 0. The van der Waals surface area contributed by atoms with Gasteiger partial charge in [0.15, 0.2) is 18.2 Å². The van der Waals surface area contributed by atoms with Gasteiger partial charge in [-0.25, -0.2) is 4.68 Å².